The number of aryl methyl sites for hydroxylation is 1. The molecule has 0 saturated heterocycles. The molecule has 1 aromatic heterocycles. The summed E-state index contributed by atoms with van der Waals surface area (Å²) in [5.74, 6) is 0. The van der Waals surface area contributed by atoms with Crippen LogP contribution in [0.3, 0.4) is 0 Å². The quantitative estimate of drug-likeness (QED) is 0.455. The number of nitrogens with zero attached hydrogens (tertiary/aromatic N) is 2. The average molecular weight is 407 g/mol. The van der Waals surface area contributed by atoms with Crippen molar-refractivity contribution in [2.75, 3.05) is 6.26 Å². The number of hydrogen-bond acceptors (Lipinski definition) is 7. The van der Waals surface area contributed by atoms with Gasteiger partial charge in [0.25, 0.3) is 5.69 Å². The molecule has 0 radical (unpaired) electrons. The molecule has 0 aliphatic rings. The molecule has 134 valence electrons. The van der Waals surface area contributed by atoms with Crippen LogP contribution in [-0.2, 0) is 9.84 Å². The van der Waals surface area contributed by atoms with Gasteiger partial charge in [-0.3, -0.25) is 10.1 Å². The lowest BCUT2D eigenvalue weighted by Gasteiger charge is -2.03. The summed E-state index contributed by atoms with van der Waals surface area (Å²) in [6, 6.07) is 11.9. The van der Waals surface area contributed by atoms with E-state index in [1.165, 1.54) is 23.5 Å². The summed E-state index contributed by atoms with van der Waals surface area (Å²) < 4.78 is 23.9. The molecule has 0 fully saturated rings. The topological polar surface area (TPSA) is 90.2 Å². The number of benzene rings is 2. The van der Waals surface area contributed by atoms with Gasteiger partial charge in [-0.05, 0) is 19.1 Å². The first-order valence-corrected chi connectivity index (χ1v) is 11.0. The number of aromatic nitrogens is 1. The molecule has 0 spiro atoms. The van der Waals surface area contributed by atoms with Crippen molar-refractivity contribution >= 4 is 38.6 Å². The Kier molecular flexibility index (Phi) is 5.12. The first-order valence-electron chi connectivity index (χ1n) is 7.43. The van der Waals surface area contributed by atoms with E-state index in [1.54, 1.807) is 0 Å². The van der Waals surface area contributed by atoms with E-state index in [1.807, 2.05) is 36.6 Å². The van der Waals surface area contributed by atoms with Crippen LogP contribution in [0.5, 0.6) is 0 Å². The highest BCUT2D eigenvalue weighted by Gasteiger charge is 2.20. The fourth-order valence-electron chi connectivity index (χ4n) is 2.21. The van der Waals surface area contributed by atoms with Gasteiger partial charge >= 0.3 is 0 Å². The third kappa shape index (κ3) is 4.12. The molecule has 6 nitrogen and oxygen atoms in total. The second kappa shape index (κ2) is 7.18. The summed E-state index contributed by atoms with van der Waals surface area (Å²) in [5.41, 5.74) is 2.68. The normalized spacial score (nSPS) is 11.5. The smallest absolute Gasteiger partial charge is 0.258 e. The van der Waals surface area contributed by atoms with Gasteiger partial charge in [0.1, 0.15) is 0 Å². The first-order chi connectivity index (χ1) is 12.2. The fraction of sp³-hybridized carbons (Fsp3) is 0.118. The molecular weight excluding hydrogens is 392 g/mol. The minimum absolute atomic E-state index is 0.0759. The predicted molar refractivity (Wildman–Crippen MR) is 103 cm³/mol. The lowest BCUT2D eigenvalue weighted by molar-refractivity contribution is -0.388. The van der Waals surface area contributed by atoms with Gasteiger partial charge in [-0.2, -0.15) is 0 Å². The SMILES string of the molecule is Cc1ccc(-c2csc(Sc3ccc(S(C)(=O)=O)cc3[N+](=O)[O-])n2)cc1. The summed E-state index contributed by atoms with van der Waals surface area (Å²) in [4.78, 5) is 15.5. The van der Waals surface area contributed by atoms with E-state index in [9.17, 15) is 18.5 Å². The van der Waals surface area contributed by atoms with Crippen molar-refractivity contribution in [3.05, 3.63) is 63.5 Å². The third-order valence-corrected chi connectivity index (χ3v) is 6.70. The molecule has 0 unspecified atom stereocenters. The van der Waals surface area contributed by atoms with Crippen LogP contribution in [0.25, 0.3) is 11.3 Å². The number of sulfone groups is 1. The second-order valence-electron chi connectivity index (χ2n) is 5.63. The molecule has 3 aromatic rings. The molecule has 0 atom stereocenters. The van der Waals surface area contributed by atoms with Crippen LogP contribution in [0, 0.1) is 17.0 Å². The Bertz CT molecular complexity index is 1070. The minimum Gasteiger partial charge on any atom is -0.258 e. The second-order valence-corrected chi connectivity index (χ2v) is 9.79. The van der Waals surface area contributed by atoms with Crippen LogP contribution in [0.4, 0.5) is 5.69 Å². The molecule has 0 aliphatic heterocycles. The average Bonchev–Trinajstić information content (AvgIpc) is 3.03. The van der Waals surface area contributed by atoms with Crippen LogP contribution in [-0.4, -0.2) is 24.6 Å². The first kappa shape index (κ1) is 18.6. The van der Waals surface area contributed by atoms with Crippen molar-refractivity contribution in [1.82, 2.24) is 4.98 Å². The molecule has 0 aliphatic carbocycles. The fourth-order valence-corrected chi connectivity index (χ4v) is 4.72. The van der Waals surface area contributed by atoms with E-state index in [-0.39, 0.29) is 10.6 Å². The van der Waals surface area contributed by atoms with E-state index in [0.29, 0.717) is 9.24 Å². The van der Waals surface area contributed by atoms with E-state index in [4.69, 9.17) is 0 Å². The molecule has 26 heavy (non-hydrogen) atoms. The van der Waals surface area contributed by atoms with Gasteiger partial charge in [-0.15, -0.1) is 11.3 Å². The van der Waals surface area contributed by atoms with E-state index < -0.39 is 14.8 Å². The van der Waals surface area contributed by atoms with Crippen molar-refractivity contribution in [3.63, 3.8) is 0 Å². The van der Waals surface area contributed by atoms with Crippen molar-refractivity contribution < 1.29 is 13.3 Å². The molecule has 0 saturated carbocycles. The standard InChI is InChI=1S/C17H14N2O4S3/c1-11-3-5-12(6-4-11)14-10-24-17(18-14)25-16-8-7-13(26(2,22)23)9-15(16)19(20)21/h3-10H,1-2H3. The number of rotatable bonds is 5. The van der Waals surface area contributed by atoms with E-state index in [2.05, 4.69) is 4.98 Å². The summed E-state index contributed by atoms with van der Waals surface area (Å²) in [6.45, 7) is 2.01. The third-order valence-electron chi connectivity index (χ3n) is 3.58. The lowest BCUT2D eigenvalue weighted by Crippen LogP contribution is -1.99. The van der Waals surface area contributed by atoms with E-state index >= 15 is 0 Å². The zero-order chi connectivity index (χ0) is 18.9. The Hall–Kier alpha value is -2.23. The summed E-state index contributed by atoms with van der Waals surface area (Å²) in [7, 11) is -3.51. The molecule has 0 bridgehead atoms. The lowest BCUT2D eigenvalue weighted by atomic mass is 10.1. The molecule has 0 amide bonds. The molecule has 1 heterocycles. The van der Waals surface area contributed by atoms with Crippen LogP contribution >= 0.6 is 23.1 Å². The monoisotopic (exact) mass is 406 g/mol. The Morgan fingerprint density at radius 1 is 1.15 bits per heavy atom. The van der Waals surface area contributed by atoms with Crippen molar-refractivity contribution in [2.45, 2.75) is 21.1 Å². The summed E-state index contributed by atoms with van der Waals surface area (Å²) >= 11 is 2.54. The highest BCUT2D eigenvalue weighted by atomic mass is 32.2. The van der Waals surface area contributed by atoms with Crippen LogP contribution < -0.4 is 0 Å². The number of nitro groups is 1. The maximum absolute atomic E-state index is 11.6. The van der Waals surface area contributed by atoms with Gasteiger partial charge in [0.05, 0.1) is 20.4 Å². The molecule has 2 aromatic carbocycles. The minimum atomic E-state index is -3.51. The van der Waals surface area contributed by atoms with Crippen LogP contribution in [0.2, 0.25) is 0 Å². The molecular formula is C17H14N2O4S3. The predicted octanol–water partition coefficient (Wildman–Crippen LogP) is 4.58. The molecule has 3 rings (SSSR count). The van der Waals surface area contributed by atoms with Crippen molar-refractivity contribution in [1.29, 1.82) is 0 Å². The van der Waals surface area contributed by atoms with E-state index in [0.717, 1.165) is 40.9 Å². The van der Waals surface area contributed by atoms with Gasteiger partial charge in [0.15, 0.2) is 14.2 Å². The Balaban J connectivity index is 1.92. The summed E-state index contributed by atoms with van der Waals surface area (Å²) in [5, 5.41) is 13.2. The van der Waals surface area contributed by atoms with Gasteiger partial charge in [0, 0.05) is 23.3 Å². The van der Waals surface area contributed by atoms with Crippen molar-refractivity contribution in [3.8, 4) is 11.3 Å². The zero-order valence-electron chi connectivity index (χ0n) is 13.9. The van der Waals surface area contributed by atoms with Crippen LogP contribution in [0.1, 0.15) is 5.56 Å². The highest BCUT2D eigenvalue weighted by molar-refractivity contribution is 8.01. The van der Waals surface area contributed by atoms with Gasteiger partial charge in [0.2, 0.25) is 0 Å². The maximum atomic E-state index is 11.6. The van der Waals surface area contributed by atoms with Gasteiger partial charge in [-0.1, -0.05) is 41.6 Å². The zero-order valence-corrected chi connectivity index (χ0v) is 16.3. The molecule has 0 N–H and O–H groups in total. The Labute approximate surface area is 159 Å². The molecule has 9 heteroatoms. The highest BCUT2D eigenvalue weighted by Crippen LogP contribution is 2.38. The summed E-state index contributed by atoms with van der Waals surface area (Å²) in [6.07, 6.45) is 1.02. The number of nitro benzene ring substituents is 1. The number of thiazole rings is 1. The van der Waals surface area contributed by atoms with Crippen molar-refractivity contribution in [2.24, 2.45) is 0 Å². The van der Waals surface area contributed by atoms with Gasteiger partial charge < -0.3 is 0 Å². The van der Waals surface area contributed by atoms with Crippen LogP contribution in [0.15, 0.2) is 62.0 Å². The Morgan fingerprint density at radius 2 is 1.85 bits per heavy atom. The maximum Gasteiger partial charge on any atom is 0.284 e. The number of hydrogen-bond donors (Lipinski definition) is 0. The van der Waals surface area contributed by atoms with Gasteiger partial charge in [-0.25, -0.2) is 13.4 Å². The largest absolute Gasteiger partial charge is 0.284 e. The Morgan fingerprint density at radius 3 is 2.46 bits per heavy atom.